The van der Waals surface area contributed by atoms with Crippen LogP contribution in [0.2, 0.25) is 0 Å². The minimum absolute atomic E-state index is 0.207. The van der Waals surface area contributed by atoms with Crippen molar-refractivity contribution < 1.29 is 9.84 Å². The third kappa shape index (κ3) is 2.47. The van der Waals surface area contributed by atoms with Gasteiger partial charge in [0.05, 0.1) is 5.69 Å². The lowest BCUT2D eigenvalue weighted by Crippen LogP contribution is -1.84. The molecule has 1 aromatic carbocycles. The largest absolute Gasteiger partial charge is 0.508 e. The highest BCUT2D eigenvalue weighted by molar-refractivity contribution is 7.11. The fourth-order valence-electron chi connectivity index (χ4n) is 1.27. The van der Waals surface area contributed by atoms with Crippen LogP contribution in [-0.2, 0) is 0 Å². The zero-order chi connectivity index (χ0) is 10.8. The van der Waals surface area contributed by atoms with Crippen LogP contribution in [0.15, 0.2) is 23.6 Å². The highest BCUT2D eigenvalue weighted by Gasteiger charge is 2.03. The van der Waals surface area contributed by atoms with Gasteiger partial charge in [-0.1, -0.05) is 11.3 Å². The Hall–Kier alpha value is -1.55. The molecule has 1 heterocycles. The number of benzene rings is 1. The van der Waals surface area contributed by atoms with Gasteiger partial charge in [0, 0.05) is 11.4 Å². The van der Waals surface area contributed by atoms with Gasteiger partial charge in [0.2, 0.25) is 0 Å². The molecule has 78 valence electrons. The van der Waals surface area contributed by atoms with E-state index in [9.17, 15) is 5.11 Å². The number of phenols is 1. The fraction of sp³-hybridized carbons (Fsp3) is 0.182. The Morgan fingerprint density at radius 3 is 2.67 bits per heavy atom. The summed E-state index contributed by atoms with van der Waals surface area (Å²) < 4.78 is 5.51. The minimum Gasteiger partial charge on any atom is -0.508 e. The molecular formula is C11H11NO2S. The van der Waals surface area contributed by atoms with E-state index in [-0.39, 0.29) is 5.75 Å². The highest BCUT2D eigenvalue weighted by atomic mass is 32.1. The third-order valence-electron chi connectivity index (χ3n) is 1.84. The molecule has 0 amide bonds. The summed E-state index contributed by atoms with van der Waals surface area (Å²) in [5.74, 6) is 0.820. The van der Waals surface area contributed by atoms with Crippen LogP contribution in [0.25, 0.3) is 0 Å². The lowest BCUT2D eigenvalue weighted by molar-refractivity contribution is 0.452. The first kappa shape index (κ1) is 9.98. The van der Waals surface area contributed by atoms with Gasteiger partial charge in [-0.25, -0.2) is 4.98 Å². The van der Waals surface area contributed by atoms with Crippen LogP contribution in [0.5, 0.6) is 16.7 Å². The Labute approximate surface area is 92.0 Å². The molecule has 0 bridgehead atoms. The first-order valence-electron chi connectivity index (χ1n) is 4.54. The van der Waals surface area contributed by atoms with Gasteiger partial charge in [-0.2, -0.15) is 0 Å². The maximum absolute atomic E-state index is 9.38. The number of rotatable bonds is 2. The van der Waals surface area contributed by atoms with Gasteiger partial charge in [-0.15, -0.1) is 0 Å². The average molecular weight is 221 g/mol. The first-order chi connectivity index (χ1) is 7.13. The van der Waals surface area contributed by atoms with E-state index in [1.807, 2.05) is 25.3 Å². The quantitative estimate of drug-likeness (QED) is 0.846. The van der Waals surface area contributed by atoms with Crippen LogP contribution in [0.3, 0.4) is 0 Å². The van der Waals surface area contributed by atoms with E-state index in [4.69, 9.17) is 4.74 Å². The minimum atomic E-state index is 0.207. The number of aromatic hydroxyl groups is 1. The SMILES string of the molecule is Cc1cc(O)cc(Oc2nc(C)cs2)c1. The van der Waals surface area contributed by atoms with Gasteiger partial charge >= 0.3 is 0 Å². The molecule has 4 heteroatoms. The van der Waals surface area contributed by atoms with Crippen LogP contribution in [-0.4, -0.2) is 10.1 Å². The second-order valence-corrected chi connectivity index (χ2v) is 4.18. The van der Waals surface area contributed by atoms with E-state index in [1.165, 1.54) is 11.3 Å². The van der Waals surface area contributed by atoms with Crippen LogP contribution in [0.1, 0.15) is 11.3 Å². The number of ether oxygens (including phenoxy) is 1. The molecule has 0 saturated heterocycles. The van der Waals surface area contributed by atoms with Crippen molar-refractivity contribution in [3.05, 3.63) is 34.8 Å². The van der Waals surface area contributed by atoms with E-state index >= 15 is 0 Å². The van der Waals surface area contributed by atoms with E-state index < -0.39 is 0 Å². The fourth-order valence-corrected chi connectivity index (χ4v) is 1.93. The molecule has 0 aliphatic heterocycles. The van der Waals surface area contributed by atoms with Gasteiger partial charge < -0.3 is 9.84 Å². The van der Waals surface area contributed by atoms with Crippen molar-refractivity contribution >= 4 is 11.3 Å². The Morgan fingerprint density at radius 2 is 2.07 bits per heavy atom. The summed E-state index contributed by atoms with van der Waals surface area (Å²) in [4.78, 5) is 4.18. The molecule has 3 nitrogen and oxygen atoms in total. The number of phenolic OH excluding ortho intramolecular Hbond substituents is 1. The lowest BCUT2D eigenvalue weighted by Gasteiger charge is -2.03. The summed E-state index contributed by atoms with van der Waals surface area (Å²) in [6, 6.07) is 5.11. The second-order valence-electron chi connectivity index (χ2n) is 3.36. The maximum Gasteiger partial charge on any atom is 0.278 e. The van der Waals surface area contributed by atoms with E-state index in [0.717, 1.165) is 11.3 Å². The molecule has 0 aliphatic rings. The zero-order valence-electron chi connectivity index (χ0n) is 8.52. The predicted molar refractivity (Wildman–Crippen MR) is 59.8 cm³/mol. The van der Waals surface area contributed by atoms with Gasteiger partial charge in [-0.3, -0.25) is 0 Å². The molecule has 0 atom stereocenters. The van der Waals surface area contributed by atoms with Gasteiger partial charge in [0.15, 0.2) is 0 Å². The van der Waals surface area contributed by atoms with Crippen LogP contribution in [0, 0.1) is 13.8 Å². The molecule has 0 spiro atoms. The van der Waals surface area contributed by atoms with Crippen molar-refractivity contribution in [2.45, 2.75) is 13.8 Å². The molecule has 0 radical (unpaired) electrons. The van der Waals surface area contributed by atoms with Crippen molar-refractivity contribution in [3.8, 4) is 16.7 Å². The number of aromatic nitrogens is 1. The molecule has 0 aliphatic carbocycles. The Kier molecular flexibility index (Phi) is 2.60. The predicted octanol–water partition coefficient (Wildman–Crippen LogP) is 3.26. The highest BCUT2D eigenvalue weighted by Crippen LogP contribution is 2.28. The summed E-state index contributed by atoms with van der Waals surface area (Å²) >= 11 is 1.44. The standard InChI is InChI=1S/C11H11NO2S/c1-7-3-9(13)5-10(4-7)14-11-12-8(2)6-15-11/h3-6,13H,1-2H3. The maximum atomic E-state index is 9.38. The lowest BCUT2D eigenvalue weighted by atomic mass is 10.2. The zero-order valence-corrected chi connectivity index (χ0v) is 9.34. The summed E-state index contributed by atoms with van der Waals surface area (Å²) in [6.07, 6.45) is 0. The first-order valence-corrected chi connectivity index (χ1v) is 5.42. The third-order valence-corrected chi connectivity index (χ3v) is 2.67. The van der Waals surface area contributed by atoms with Crippen molar-refractivity contribution in [3.63, 3.8) is 0 Å². The molecule has 1 aromatic heterocycles. The molecule has 2 aromatic rings. The molecule has 2 rings (SSSR count). The normalized spacial score (nSPS) is 10.3. The van der Waals surface area contributed by atoms with E-state index in [1.54, 1.807) is 12.1 Å². The Bertz CT molecular complexity index is 459. The van der Waals surface area contributed by atoms with Crippen molar-refractivity contribution in [2.24, 2.45) is 0 Å². The van der Waals surface area contributed by atoms with Crippen molar-refractivity contribution in [2.75, 3.05) is 0 Å². The number of hydrogen-bond donors (Lipinski definition) is 1. The molecule has 0 unspecified atom stereocenters. The average Bonchev–Trinajstić information content (AvgIpc) is 2.49. The van der Waals surface area contributed by atoms with Crippen molar-refractivity contribution in [1.82, 2.24) is 4.98 Å². The van der Waals surface area contributed by atoms with Gasteiger partial charge in [0.1, 0.15) is 11.5 Å². The van der Waals surface area contributed by atoms with Crippen LogP contribution in [0.4, 0.5) is 0 Å². The second kappa shape index (κ2) is 3.90. The molecule has 0 saturated carbocycles. The number of aryl methyl sites for hydroxylation is 2. The summed E-state index contributed by atoms with van der Waals surface area (Å²) in [5.41, 5.74) is 1.89. The number of thiazole rings is 1. The van der Waals surface area contributed by atoms with Crippen LogP contribution >= 0.6 is 11.3 Å². The Morgan fingerprint density at radius 1 is 1.27 bits per heavy atom. The smallest absolute Gasteiger partial charge is 0.278 e. The molecule has 15 heavy (non-hydrogen) atoms. The van der Waals surface area contributed by atoms with Crippen molar-refractivity contribution in [1.29, 1.82) is 0 Å². The molecular weight excluding hydrogens is 210 g/mol. The summed E-state index contributed by atoms with van der Waals surface area (Å²) in [6.45, 7) is 3.82. The van der Waals surface area contributed by atoms with Gasteiger partial charge in [-0.05, 0) is 31.5 Å². The Balaban J connectivity index is 2.24. The van der Waals surface area contributed by atoms with E-state index in [2.05, 4.69) is 4.98 Å². The molecule has 0 fully saturated rings. The monoisotopic (exact) mass is 221 g/mol. The number of hydrogen-bond acceptors (Lipinski definition) is 4. The molecule has 1 N–H and O–H groups in total. The van der Waals surface area contributed by atoms with E-state index in [0.29, 0.717) is 10.9 Å². The summed E-state index contributed by atoms with van der Waals surface area (Å²) in [7, 11) is 0. The summed E-state index contributed by atoms with van der Waals surface area (Å²) in [5, 5.41) is 11.9. The van der Waals surface area contributed by atoms with Crippen LogP contribution < -0.4 is 4.74 Å². The number of nitrogens with zero attached hydrogens (tertiary/aromatic N) is 1. The topological polar surface area (TPSA) is 42.4 Å². The van der Waals surface area contributed by atoms with Gasteiger partial charge in [0.25, 0.3) is 5.19 Å².